The standard InChI is InChI=1S/C16H22F2N2/c1-12-9-19-7-3-2-4-15(19)11-20(12)10-13-8-14(17)5-6-16(13)18/h5-6,8,12,15H,2-4,7,9-11H2,1H3. The lowest BCUT2D eigenvalue weighted by atomic mass is 9.96. The van der Waals surface area contributed by atoms with Gasteiger partial charge in [-0.3, -0.25) is 9.80 Å². The van der Waals surface area contributed by atoms with Gasteiger partial charge in [0.1, 0.15) is 11.6 Å². The first-order valence-corrected chi connectivity index (χ1v) is 7.55. The highest BCUT2D eigenvalue weighted by Crippen LogP contribution is 2.25. The molecule has 3 rings (SSSR count). The van der Waals surface area contributed by atoms with Gasteiger partial charge in [0.25, 0.3) is 0 Å². The van der Waals surface area contributed by atoms with Crippen molar-refractivity contribution in [2.75, 3.05) is 19.6 Å². The summed E-state index contributed by atoms with van der Waals surface area (Å²) in [6, 6.07) is 4.73. The minimum absolute atomic E-state index is 0.301. The molecular formula is C16H22F2N2. The summed E-state index contributed by atoms with van der Waals surface area (Å²) in [7, 11) is 0. The summed E-state index contributed by atoms with van der Waals surface area (Å²) < 4.78 is 27.1. The molecule has 2 aliphatic heterocycles. The Kier molecular flexibility index (Phi) is 4.03. The highest BCUT2D eigenvalue weighted by molar-refractivity contribution is 5.19. The van der Waals surface area contributed by atoms with Crippen LogP contribution in [-0.2, 0) is 6.54 Å². The maximum absolute atomic E-state index is 13.8. The lowest BCUT2D eigenvalue weighted by Crippen LogP contribution is -2.58. The molecule has 0 aromatic heterocycles. The zero-order chi connectivity index (χ0) is 14.1. The highest BCUT2D eigenvalue weighted by Gasteiger charge is 2.33. The number of hydrogen-bond donors (Lipinski definition) is 0. The molecule has 1 aromatic rings. The van der Waals surface area contributed by atoms with Crippen LogP contribution in [0.2, 0.25) is 0 Å². The van der Waals surface area contributed by atoms with E-state index in [0.29, 0.717) is 24.2 Å². The second kappa shape index (κ2) is 5.78. The van der Waals surface area contributed by atoms with E-state index in [1.807, 2.05) is 0 Å². The molecule has 2 atom stereocenters. The number of fused-ring (bicyclic) bond motifs is 1. The van der Waals surface area contributed by atoms with E-state index in [0.717, 1.165) is 13.1 Å². The van der Waals surface area contributed by atoms with Crippen LogP contribution in [0.1, 0.15) is 31.7 Å². The van der Waals surface area contributed by atoms with Crippen LogP contribution in [0.3, 0.4) is 0 Å². The molecule has 2 aliphatic rings. The number of piperazine rings is 1. The number of piperidine rings is 1. The maximum atomic E-state index is 13.8. The average Bonchev–Trinajstić information content (AvgIpc) is 2.43. The van der Waals surface area contributed by atoms with Gasteiger partial charge in [0.15, 0.2) is 0 Å². The summed E-state index contributed by atoms with van der Waals surface area (Å²) in [6.07, 6.45) is 3.81. The van der Waals surface area contributed by atoms with Gasteiger partial charge in [-0.1, -0.05) is 6.42 Å². The molecule has 20 heavy (non-hydrogen) atoms. The van der Waals surface area contributed by atoms with Crippen LogP contribution >= 0.6 is 0 Å². The summed E-state index contributed by atoms with van der Waals surface area (Å²) in [5, 5.41) is 0. The molecule has 2 nitrogen and oxygen atoms in total. The van der Waals surface area contributed by atoms with E-state index in [9.17, 15) is 8.78 Å². The molecule has 0 amide bonds. The zero-order valence-corrected chi connectivity index (χ0v) is 12.0. The largest absolute Gasteiger partial charge is 0.298 e. The Labute approximate surface area is 119 Å². The smallest absolute Gasteiger partial charge is 0.127 e. The van der Waals surface area contributed by atoms with Crippen molar-refractivity contribution < 1.29 is 8.78 Å². The molecule has 4 heteroatoms. The van der Waals surface area contributed by atoms with Gasteiger partial charge >= 0.3 is 0 Å². The van der Waals surface area contributed by atoms with E-state index in [1.54, 1.807) is 0 Å². The quantitative estimate of drug-likeness (QED) is 0.821. The van der Waals surface area contributed by atoms with Gasteiger partial charge in [-0.15, -0.1) is 0 Å². The molecule has 0 radical (unpaired) electrons. The molecular weight excluding hydrogens is 258 g/mol. The van der Waals surface area contributed by atoms with Crippen LogP contribution in [0, 0.1) is 11.6 Å². The van der Waals surface area contributed by atoms with Crippen molar-refractivity contribution in [3.05, 3.63) is 35.4 Å². The Hall–Kier alpha value is -1.00. The summed E-state index contributed by atoms with van der Waals surface area (Å²) in [6.45, 7) is 5.90. The van der Waals surface area contributed by atoms with E-state index in [4.69, 9.17) is 0 Å². The summed E-state index contributed by atoms with van der Waals surface area (Å²) >= 11 is 0. The Bertz CT molecular complexity index is 478. The summed E-state index contributed by atoms with van der Waals surface area (Å²) in [5.74, 6) is -0.657. The zero-order valence-electron chi connectivity index (χ0n) is 12.0. The van der Waals surface area contributed by atoms with Gasteiger partial charge in [-0.05, 0) is 44.5 Å². The van der Waals surface area contributed by atoms with E-state index in [1.165, 1.54) is 44.0 Å². The van der Waals surface area contributed by atoms with E-state index in [-0.39, 0.29) is 11.6 Å². The Morgan fingerprint density at radius 2 is 2.05 bits per heavy atom. The third-order valence-corrected chi connectivity index (χ3v) is 4.70. The van der Waals surface area contributed by atoms with Crippen LogP contribution in [0.4, 0.5) is 8.78 Å². The first-order chi connectivity index (χ1) is 9.63. The van der Waals surface area contributed by atoms with E-state index < -0.39 is 0 Å². The van der Waals surface area contributed by atoms with Gasteiger partial charge in [-0.25, -0.2) is 8.78 Å². The fourth-order valence-electron chi connectivity index (χ4n) is 3.52. The fraction of sp³-hybridized carbons (Fsp3) is 0.625. The van der Waals surface area contributed by atoms with Crippen LogP contribution in [-0.4, -0.2) is 41.5 Å². The molecule has 110 valence electrons. The van der Waals surface area contributed by atoms with Crippen molar-refractivity contribution >= 4 is 0 Å². The van der Waals surface area contributed by atoms with Crippen molar-refractivity contribution in [3.8, 4) is 0 Å². The minimum Gasteiger partial charge on any atom is -0.298 e. The number of nitrogens with zero attached hydrogens (tertiary/aromatic N) is 2. The first kappa shape index (κ1) is 14.0. The lowest BCUT2D eigenvalue weighted by molar-refractivity contribution is 0.0106. The molecule has 2 fully saturated rings. The predicted octanol–water partition coefficient (Wildman–Crippen LogP) is 3.02. The Morgan fingerprint density at radius 1 is 1.20 bits per heavy atom. The van der Waals surface area contributed by atoms with Crippen LogP contribution in [0.5, 0.6) is 0 Å². The third kappa shape index (κ3) is 2.86. The van der Waals surface area contributed by atoms with Crippen LogP contribution < -0.4 is 0 Å². The van der Waals surface area contributed by atoms with Gasteiger partial charge < -0.3 is 0 Å². The number of hydrogen-bond acceptors (Lipinski definition) is 2. The second-order valence-corrected chi connectivity index (χ2v) is 6.16. The van der Waals surface area contributed by atoms with Gasteiger partial charge in [-0.2, -0.15) is 0 Å². The third-order valence-electron chi connectivity index (χ3n) is 4.70. The monoisotopic (exact) mass is 280 g/mol. The van der Waals surface area contributed by atoms with Crippen LogP contribution in [0.15, 0.2) is 18.2 Å². The maximum Gasteiger partial charge on any atom is 0.127 e. The average molecular weight is 280 g/mol. The molecule has 2 saturated heterocycles. The molecule has 0 aliphatic carbocycles. The molecule has 0 N–H and O–H groups in total. The predicted molar refractivity (Wildman–Crippen MR) is 75.4 cm³/mol. The van der Waals surface area contributed by atoms with E-state index in [2.05, 4.69) is 16.7 Å². The van der Waals surface area contributed by atoms with Gasteiger partial charge in [0, 0.05) is 37.3 Å². The molecule has 1 aromatic carbocycles. The molecule has 2 heterocycles. The summed E-state index contributed by atoms with van der Waals surface area (Å²) in [5.41, 5.74) is 0.473. The number of benzene rings is 1. The van der Waals surface area contributed by atoms with Crippen molar-refractivity contribution in [1.29, 1.82) is 0 Å². The Balaban J connectivity index is 1.71. The van der Waals surface area contributed by atoms with Crippen molar-refractivity contribution in [2.24, 2.45) is 0 Å². The second-order valence-electron chi connectivity index (χ2n) is 6.16. The van der Waals surface area contributed by atoms with Crippen molar-refractivity contribution in [2.45, 2.75) is 44.8 Å². The normalized spacial score (nSPS) is 28.4. The lowest BCUT2D eigenvalue weighted by Gasteiger charge is -2.47. The molecule has 2 unspecified atom stereocenters. The molecule has 0 saturated carbocycles. The topological polar surface area (TPSA) is 6.48 Å². The van der Waals surface area contributed by atoms with Crippen molar-refractivity contribution in [1.82, 2.24) is 9.80 Å². The highest BCUT2D eigenvalue weighted by atomic mass is 19.1. The summed E-state index contributed by atoms with van der Waals surface area (Å²) in [4.78, 5) is 4.86. The van der Waals surface area contributed by atoms with E-state index >= 15 is 0 Å². The minimum atomic E-state index is -0.356. The van der Waals surface area contributed by atoms with Gasteiger partial charge in [0.05, 0.1) is 0 Å². The fourth-order valence-corrected chi connectivity index (χ4v) is 3.52. The Morgan fingerprint density at radius 3 is 2.90 bits per heavy atom. The first-order valence-electron chi connectivity index (χ1n) is 7.55. The number of rotatable bonds is 2. The van der Waals surface area contributed by atoms with Crippen LogP contribution in [0.25, 0.3) is 0 Å². The molecule has 0 bridgehead atoms. The van der Waals surface area contributed by atoms with Gasteiger partial charge in [0.2, 0.25) is 0 Å². The number of halogens is 2. The molecule has 0 spiro atoms. The SMILES string of the molecule is CC1CN2CCCCC2CN1Cc1cc(F)ccc1F. The van der Waals surface area contributed by atoms with Crippen molar-refractivity contribution in [3.63, 3.8) is 0 Å².